The van der Waals surface area contributed by atoms with E-state index in [1.54, 1.807) is 30.3 Å². The summed E-state index contributed by atoms with van der Waals surface area (Å²) in [5, 5.41) is 10.5. The molecule has 29 heavy (non-hydrogen) atoms. The number of aromatic hydroxyl groups is 1. The van der Waals surface area contributed by atoms with Crippen LogP contribution in [0.25, 0.3) is 0 Å². The maximum absolute atomic E-state index is 13.0. The summed E-state index contributed by atoms with van der Waals surface area (Å²) in [5.74, 6) is 0.0294. The van der Waals surface area contributed by atoms with Crippen LogP contribution in [0.5, 0.6) is 17.2 Å². The Balaban J connectivity index is 1.78. The minimum absolute atomic E-state index is 0.0120. The molecule has 3 N–H and O–H groups in total. The molecule has 1 aliphatic carbocycles. The average Bonchev–Trinajstić information content (AvgIpc) is 2.68. The summed E-state index contributed by atoms with van der Waals surface area (Å²) in [5.41, 5.74) is 7.83. The summed E-state index contributed by atoms with van der Waals surface area (Å²) < 4.78 is 5.90. The van der Waals surface area contributed by atoms with Gasteiger partial charge in [0, 0.05) is 17.2 Å². The molecule has 0 atom stereocenters. The molecule has 0 radical (unpaired) electrons. The zero-order valence-corrected chi connectivity index (χ0v) is 16.2. The summed E-state index contributed by atoms with van der Waals surface area (Å²) in [6.07, 6.45) is 0.895. The highest BCUT2D eigenvalue weighted by atomic mass is 16.5. The van der Waals surface area contributed by atoms with Gasteiger partial charge in [-0.1, -0.05) is 50.2 Å². The van der Waals surface area contributed by atoms with Crippen LogP contribution < -0.4 is 10.5 Å². The fourth-order valence-corrected chi connectivity index (χ4v) is 3.69. The summed E-state index contributed by atoms with van der Waals surface area (Å²) in [7, 11) is 0. The van der Waals surface area contributed by atoms with Crippen molar-refractivity contribution in [3.8, 4) is 17.2 Å². The average molecular weight is 387 g/mol. The quantitative estimate of drug-likeness (QED) is 0.390. The van der Waals surface area contributed by atoms with E-state index in [1.807, 2.05) is 18.2 Å². The fourth-order valence-electron chi connectivity index (χ4n) is 3.69. The molecule has 0 amide bonds. The van der Waals surface area contributed by atoms with Crippen LogP contribution in [0.4, 0.5) is 5.69 Å². The molecule has 3 aromatic carbocycles. The second kappa shape index (κ2) is 7.09. The summed E-state index contributed by atoms with van der Waals surface area (Å²) in [4.78, 5) is 25.8. The van der Waals surface area contributed by atoms with Crippen LogP contribution in [0, 0.1) is 5.92 Å². The summed E-state index contributed by atoms with van der Waals surface area (Å²) in [6, 6.07) is 15.4. The molecular weight excluding hydrogens is 366 g/mol. The van der Waals surface area contributed by atoms with E-state index in [-0.39, 0.29) is 39.4 Å². The smallest absolute Gasteiger partial charge is 0.198 e. The highest BCUT2D eigenvalue weighted by Crippen LogP contribution is 2.42. The lowest BCUT2D eigenvalue weighted by Gasteiger charge is -2.21. The number of hydrogen-bond donors (Lipinski definition) is 2. The van der Waals surface area contributed by atoms with Gasteiger partial charge in [0.05, 0.1) is 16.8 Å². The van der Waals surface area contributed by atoms with E-state index in [9.17, 15) is 14.7 Å². The molecule has 0 fully saturated rings. The monoisotopic (exact) mass is 387 g/mol. The number of anilines is 1. The van der Waals surface area contributed by atoms with Gasteiger partial charge in [-0.05, 0) is 30.0 Å². The zero-order chi connectivity index (χ0) is 20.7. The Morgan fingerprint density at radius 2 is 1.59 bits per heavy atom. The van der Waals surface area contributed by atoms with Crippen LogP contribution in [0.3, 0.4) is 0 Å². The number of phenols is 1. The van der Waals surface area contributed by atoms with Crippen molar-refractivity contribution in [2.45, 2.75) is 20.3 Å². The third-order valence-electron chi connectivity index (χ3n) is 4.95. The number of ketones is 2. The Kier molecular flexibility index (Phi) is 4.59. The lowest BCUT2D eigenvalue weighted by atomic mass is 9.82. The van der Waals surface area contributed by atoms with Crippen molar-refractivity contribution in [1.29, 1.82) is 0 Å². The Morgan fingerprint density at radius 3 is 2.24 bits per heavy atom. The Bertz CT molecular complexity index is 1150. The standard InChI is InChI=1S/C24H21NO4/c1-13(2)10-14-6-5-7-15(11-14)29-19-12-18(26)20-21(22(19)25)24(28)17-9-4-3-8-16(17)23(20)27/h3-9,11-13,26H,10,25H2,1-2H3. The van der Waals surface area contributed by atoms with Crippen molar-refractivity contribution in [3.05, 3.63) is 82.4 Å². The Labute approximate surface area is 168 Å². The number of rotatable bonds is 4. The molecule has 0 bridgehead atoms. The zero-order valence-electron chi connectivity index (χ0n) is 16.2. The minimum Gasteiger partial charge on any atom is -0.507 e. The third kappa shape index (κ3) is 3.25. The molecule has 1 aliphatic rings. The number of nitrogen functional groups attached to an aromatic ring is 1. The van der Waals surface area contributed by atoms with E-state index in [0.717, 1.165) is 12.0 Å². The van der Waals surface area contributed by atoms with E-state index >= 15 is 0 Å². The van der Waals surface area contributed by atoms with Crippen molar-refractivity contribution in [2.75, 3.05) is 5.73 Å². The van der Waals surface area contributed by atoms with E-state index in [1.165, 1.54) is 6.07 Å². The number of carbonyl (C=O) groups excluding carboxylic acids is 2. The van der Waals surface area contributed by atoms with Gasteiger partial charge < -0.3 is 15.6 Å². The molecule has 0 aromatic heterocycles. The van der Waals surface area contributed by atoms with Crippen molar-refractivity contribution in [3.63, 3.8) is 0 Å². The molecule has 0 aliphatic heterocycles. The molecule has 0 saturated carbocycles. The molecular formula is C24H21NO4. The first-order chi connectivity index (χ1) is 13.9. The number of hydrogen-bond acceptors (Lipinski definition) is 5. The van der Waals surface area contributed by atoms with Gasteiger partial charge in [-0.3, -0.25) is 9.59 Å². The van der Waals surface area contributed by atoms with Gasteiger partial charge >= 0.3 is 0 Å². The van der Waals surface area contributed by atoms with Crippen LogP contribution in [0.15, 0.2) is 54.6 Å². The van der Waals surface area contributed by atoms with Gasteiger partial charge in [0.1, 0.15) is 11.5 Å². The van der Waals surface area contributed by atoms with Crippen LogP contribution in [0.1, 0.15) is 51.3 Å². The molecule has 3 aromatic rings. The molecule has 4 rings (SSSR count). The van der Waals surface area contributed by atoms with Crippen LogP contribution in [-0.2, 0) is 6.42 Å². The van der Waals surface area contributed by atoms with Crippen molar-refractivity contribution in [1.82, 2.24) is 0 Å². The second-order valence-corrected chi connectivity index (χ2v) is 7.61. The van der Waals surface area contributed by atoms with Crippen LogP contribution in [-0.4, -0.2) is 16.7 Å². The van der Waals surface area contributed by atoms with Gasteiger partial charge in [0.25, 0.3) is 0 Å². The van der Waals surface area contributed by atoms with Gasteiger partial charge in [-0.25, -0.2) is 0 Å². The number of phenolic OH excluding ortho intramolecular Hbond substituents is 1. The van der Waals surface area contributed by atoms with Crippen LogP contribution >= 0.6 is 0 Å². The van der Waals surface area contributed by atoms with Crippen molar-refractivity contribution < 1.29 is 19.4 Å². The van der Waals surface area contributed by atoms with Gasteiger partial charge in [0.15, 0.2) is 17.3 Å². The maximum Gasteiger partial charge on any atom is 0.198 e. The molecule has 0 heterocycles. The molecule has 146 valence electrons. The number of nitrogens with two attached hydrogens (primary N) is 1. The molecule has 5 heteroatoms. The highest BCUT2D eigenvalue weighted by Gasteiger charge is 2.35. The molecule has 5 nitrogen and oxygen atoms in total. The van der Waals surface area contributed by atoms with E-state index < -0.39 is 11.6 Å². The SMILES string of the molecule is CC(C)Cc1cccc(Oc2cc(O)c3c(c2N)C(=O)c2ccccc2C3=O)c1. The fraction of sp³-hybridized carbons (Fsp3) is 0.167. The lowest BCUT2D eigenvalue weighted by molar-refractivity contribution is 0.0977. The predicted octanol–water partition coefficient (Wildman–Crippen LogP) is 4.74. The first-order valence-corrected chi connectivity index (χ1v) is 9.47. The summed E-state index contributed by atoms with van der Waals surface area (Å²) >= 11 is 0. The third-order valence-corrected chi connectivity index (χ3v) is 4.95. The van der Waals surface area contributed by atoms with Gasteiger partial charge in [-0.2, -0.15) is 0 Å². The minimum atomic E-state index is -0.426. The predicted molar refractivity (Wildman–Crippen MR) is 111 cm³/mol. The first-order valence-electron chi connectivity index (χ1n) is 9.47. The van der Waals surface area contributed by atoms with Crippen molar-refractivity contribution >= 4 is 17.3 Å². The Morgan fingerprint density at radius 1 is 0.931 bits per heavy atom. The van der Waals surface area contributed by atoms with Crippen molar-refractivity contribution in [2.24, 2.45) is 5.92 Å². The first kappa shape index (κ1) is 18.7. The normalized spacial score (nSPS) is 12.7. The number of ether oxygens (including phenoxy) is 1. The molecule has 0 saturated heterocycles. The largest absolute Gasteiger partial charge is 0.507 e. The highest BCUT2D eigenvalue weighted by molar-refractivity contribution is 6.31. The molecule has 0 spiro atoms. The maximum atomic E-state index is 13.0. The second-order valence-electron chi connectivity index (χ2n) is 7.61. The van der Waals surface area contributed by atoms with E-state index in [2.05, 4.69) is 13.8 Å². The Hall–Kier alpha value is -3.60. The molecule has 0 unspecified atom stereocenters. The summed E-state index contributed by atoms with van der Waals surface area (Å²) in [6.45, 7) is 4.26. The van der Waals surface area contributed by atoms with E-state index in [4.69, 9.17) is 10.5 Å². The van der Waals surface area contributed by atoms with Gasteiger partial charge in [0.2, 0.25) is 0 Å². The van der Waals surface area contributed by atoms with Crippen LogP contribution in [0.2, 0.25) is 0 Å². The topological polar surface area (TPSA) is 89.6 Å². The number of carbonyl (C=O) groups is 2. The van der Waals surface area contributed by atoms with E-state index in [0.29, 0.717) is 11.7 Å². The number of benzene rings is 3. The van der Waals surface area contributed by atoms with Gasteiger partial charge in [-0.15, -0.1) is 0 Å². The number of fused-ring (bicyclic) bond motifs is 2. The lowest BCUT2D eigenvalue weighted by Crippen LogP contribution is -2.22.